The maximum absolute atomic E-state index is 5.78. The second-order valence-corrected chi connectivity index (χ2v) is 9.63. The second-order valence-electron chi connectivity index (χ2n) is 9.63. The maximum atomic E-state index is 5.78. The van der Waals surface area contributed by atoms with Crippen molar-refractivity contribution in [2.24, 2.45) is 5.41 Å². The Morgan fingerprint density at radius 3 is 2.31 bits per heavy atom. The fraction of sp³-hybridized carbons (Fsp3) is 0.760. The third kappa shape index (κ3) is 8.34. The Morgan fingerprint density at radius 2 is 1.66 bits per heavy atom. The van der Waals surface area contributed by atoms with E-state index in [1.165, 1.54) is 88.7 Å². The van der Waals surface area contributed by atoms with Crippen LogP contribution < -0.4 is 4.74 Å². The predicted octanol–water partition coefficient (Wildman–Crippen LogP) is 5.07. The quantitative estimate of drug-likeness (QED) is 0.340. The summed E-state index contributed by atoms with van der Waals surface area (Å²) in [6.45, 7) is 12.9. The Hall–Kier alpha value is -0.995. The molecule has 1 fully saturated rings. The third-order valence-corrected chi connectivity index (χ3v) is 6.73. The molecule has 0 saturated carbocycles. The molecule has 0 N–H and O–H groups in total. The number of unbranched alkanes of at least 4 members (excludes halogenated alkanes) is 4. The highest BCUT2D eigenvalue weighted by molar-refractivity contribution is 6.04. The lowest BCUT2D eigenvalue weighted by Crippen LogP contribution is -2.44. The average Bonchev–Trinajstić information content (AvgIpc) is 2.72. The number of nitrogens with zero attached hydrogens (tertiary/aromatic N) is 2. The molecule has 0 aromatic heterocycles. The van der Waals surface area contributed by atoms with Crippen LogP contribution in [0.25, 0.3) is 0 Å². The van der Waals surface area contributed by atoms with Gasteiger partial charge in [0.2, 0.25) is 0 Å². The van der Waals surface area contributed by atoms with Gasteiger partial charge in [0.15, 0.2) is 7.98 Å². The van der Waals surface area contributed by atoms with Crippen molar-refractivity contribution in [1.82, 2.24) is 9.71 Å². The van der Waals surface area contributed by atoms with Gasteiger partial charge in [-0.15, -0.1) is 0 Å². The second kappa shape index (κ2) is 12.6. The zero-order valence-electron chi connectivity index (χ0n) is 19.9. The van der Waals surface area contributed by atoms with Gasteiger partial charge in [-0.3, -0.25) is 4.90 Å². The lowest BCUT2D eigenvalue weighted by Gasteiger charge is -2.33. The van der Waals surface area contributed by atoms with Crippen LogP contribution in [0.5, 0.6) is 5.75 Å². The average molecular weight is 400 g/mol. The zero-order valence-corrected chi connectivity index (χ0v) is 19.9. The molecule has 1 saturated heterocycles. The SMILES string of the molecule is BN1CCN(Cc2ccc(OC)c(CC(C)(CCCC)CCCCCC)c2)CC1. The molecule has 1 aliphatic heterocycles. The molecule has 164 valence electrons. The van der Waals surface area contributed by atoms with Crippen LogP contribution in [0.1, 0.15) is 83.3 Å². The number of rotatable bonds is 13. The number of piperazine rings is 1. The van der Waals surface area contributed by atoms with Crippen molar-refractivity contribution in [3.05, 3.63) is 29.3 Å². The Balaban J connectivity index is 2.09. The molecular formula is C25H45BN2O. The molecular weight excluding hydrogens is 355 g/mol. The minimum atomic E-state index is 0.378. The summed E-state index contributed by atoms with van der Waals surface area (Å²) in [4.78, 5) is 5.01. The molecule has 1 atom stereocenters. The molecule has 1 heterocycles. The van der Waals surface area contributed by atoms with Crippen LogP contribution in [0.15, 0.2) is 18.2 Å². The standard InChI is InChI=1S/C25H45BN2O/c1-5-7-9-10-14-25(3,13-8-6-2)20-23-19-22(11-12-24(23)29-4)21-27-15-17-28(26)18-16-27/h11-12,19H,5-10,13-18,20-21,26H2,1-4H3. The first kappa shape index (κ1) is 24.3. The lowest BCUT2D eigenvalue weighted by atomic mass is 9.75. The molecule has 4 heteroatoms. The van der Waals surface area contributed by atoms with Crippen molar-refractivity contribution < 1.29 is 4.74 Å². The Bertz CT molecular complexity index is 586. The van der Waals surface area contributed by atoms with Gasteiger partial charge in [-0.1, -0.05) is 71.4 Å². The number of ether oxygens (including phenoxy) is 1. The first-order valence-electron chi connectivity index (χ1n) is 12.1. The van der Waals surface area contributed by atoms with Gasteiger partial charge in [-0.25, -0.2) is 0 Å². The fourth-order valence-electron chi connectivity index (χ4n) is 4.68. The smallest absolute Gasteiger partial charge is 0.185 e. The van der Waals surface area contributed by atoms with E-state index in [4.69, 9.17) is 4.74 Å². The van der Waals surface area contributed by atoms with E-state index in [-0.39, 0.29) is 0 Å². The highest BCUT2D eigenvalue weighted by atomic mass is 16.5. The first-order valence-corrected chi connectivity index (χ1v) is 12.1. The summed E-state index contributed by atoms with van der Waals surface area (Å²) in [7, 11) is 4.05. The molecule has 29 heavy (non-hydrogen) atoms. The van der Waals surface area contributed by atoms with Gasteiger partial charge in [0, 0.05) is 19.6 Å². The first-order chi connectivity index (χ1) is 14.0. The summed E-state index contributed by atoms with van der Waals surface area (Å²) in [6.07, 6.45) is 11.8. The van der Waals surface area contributed by atoms with Crippen LogP contribution in [-0.2, 0) is 13.0 Å². The summed E-state index contributed by atoms with van der Waals surface area (Å²) >= 11 is 0. The molecule has 1 aromatic rings. The van der Waals surface area contributed by atoms with E-state index in [0.717, 1.165) is 18.7 Å². The predicted molar refractivity (Wildman–Crippen MR) is 128 cm³/mol. The number of methoxy groups -OCH3 is 1. The Kier molecular flexibility index (Phi) is 10.6. The molecule has 0 aliphatic carbocycles. The van der Waals surface area contributed by atoms with Gasteiger partial charge >= 0.3 is 0 Å². The highest BCUT2D eigenvalue weighted by Gasteiger charge is 2.25. The van der Waals surface area contributed by atoms with Crippen LogP contribution in [0.4, 0.5) is 0 Å². The van der Waals surface area contributed by atoms with E-state index < -0.39 is 0 Å². The van der Waals surface area contributed by atoms with Crippen molar-refractivity contribution >= 4 is 7.98 Å². The van der Waals surface area contributed by atoms with E-state index in [1.54, 1.807) is 0 Å². The van der Waals surface area contributed by atoms with Crippen molar-refractivity contribution in [3.8, 4) is 5.75 Å². The van der Waals surface area contributed by atoms with Crippen molar-refractivity contribution in [3.63, 3.8) is 0 Å². The van der Waals surface area contributed by atoms with Crippen molar-refractivity contribution in [2.75, 3.05) is 33.3 Å². The number of hydrogen-bond acceptors (Lipinski definition) is 3. The van der Waals surface area contributed by atoms with E-state index in [1.807, 2.05) is 7.11 Å². The van der Waals surface area contributed by atoms with Gasteiger partial charge in [-0.05, 0) is 55.0 Å². The molecule has 2 rings (SSSR count). The molecule has 0 spiro atoms. The van der Waals surface area contributed by atoms with Gasteiger partial charge in [0.05, 0.1) is 7.11 Å². The van der Waals surface area contributed by atoms with E-state index >= 15 is 0 Å². The minimum Gasteiger partial charge on any atom is -0.496 e. The van der Waals surface area contributed by atoms with E-state index in [0.29, 0.717) is 5.41 Å². The van der Waals surface area contributed by atoms with E-state index in [9.17, 15) is 0 Å². The topological polar surface area (TPSA) is 15.7 Å². The third-order valence-electron chi connectivity index (χ3n) is 6.73. The summed E-state index contributed by atoms with van der Waals surface area (Å²) < 4.78 is 5.78. The molecule has 0 bridgehead atoms. The van der Waals surface area contributed by atoms with Crippen LogP contribution in [0.3, 0.4) is 0 Å². The largest absolute Gasteiger partial charge is 0.496 e. The molecule has 1 unspecified atom stereocenters. The fourth-order valence-corrected chi connectivity index (χ4v) is 4.68. The minimum absolute atomic E-state index is 0.378. The normalized spacial score (nSPS) is 17.9. The molecule has 0 radical (unpaired) electrons. The van der Waals surface area contributed by atoms with E-state index in [2.05, 4.69) is 56.7 Å². The highest BCUT2D eigenvalue weighted by Crippen LogP contribution is 2.37. The molecule has 1 aliphatic rings. The molecule has 0 amide bonds. The number of benzene rings is 1. The van der Waals surface area contributed by atoms with Crippen LogP contribution in [-0.4, -0.2) is 51.0 Å². The number of hydrogen-bond donors (Lipinski definition) is 0. The zero-order chi connectivity index (χ0) is 21.1. The summed E-state index contributed by atoms with van der Waals surface area (Å²) in [6, 6.07) is 6.91. The maximum Gasteiger partial charge on any atom is 0.185 e. The summed E-state index contributed by atoms with van der Waals surface area (Å²) in [5.41, 5.74) is 3.23. The monoisotopic (exact) mass is 400 g/mol. The van der Waals surface area contributed by atoms with Gasteiger partial charge in [0.1, 0.15) is 5.75 Å². The summed E-state index contributed by atoms with van der Waals surface area (Å²) in [5.74, 6) is 1.07. The van der Waals surface area contributed by atoms with Crippen LogP contribution >= 0.6 is 0 Å². The van der Waals surface area contributed by atoms with Gasteiger partial charge < -0.3 is 9.55 Å². The Labute approximate surface area is 181 Å². The van der Waals surface area contributed by atoms with Gasteiger partial charge in [0.25, 0.3) is 0 Å². The Morgan fingerprint density at radius 1 is 0.966 bits per heavy atom. The van der Waals surface area contributed by atoms with Crippen molar-refractivity contribution in [1.29, 1.82) is 0 Å². The lowest BCUT2D eigenvalue weighted by molar-refractivity contribution is 0.184. The van der Waals surface area contributed by atoms with Crippen LogP contribution in [0.2, 0.25) is 0 Å². The van der Waals surface area contributed by atoms with Crippen LogP contribution in [0, 0.1) is 5.41 Å². The molecule has 1 aromatic carbocycles. The van der Waals surface area contributed by atoms with Crippen molar-refractivity contribution in [2.45, 2.75) is 85.1 Å². The van der Waals surface area contributed by atoms with Gasteiger partial charge in [-0.2, -0.15) is 0 Å². The molecule has 3 nitrogen and oxygen atoms in total. The summed E-state index contributed by atoms with van der Waals surface area (Å²) in [5, 5.41) is 0.